The molecule has 3 nitrogen and oxygen atoms in total. The van der Waals surface area contributed by atoms with Gasteiger partial charge in [-0.1, -0.05) is 35.8 Å². The van der Waals surface area contributed by atoms with Crippen LogP contribution in [0.5, 0.6) is 5.75 Å². The number of hydrogen-bond acceptors (Lipinski definition) is 3. The van der Waals surface area contributed by atoms with E-state index in [0.717, 1.165) is 29.8 Å². The van der Waals surface area contributed by atoms with Crippen LogP contribution in [0.2, 0.25) is 0 Å². The second-order valence-corrected chi connectivity index (χ2v) is 5.28. The van der Waals surface area contributed by atoms with Gasteiger partial charge in [0.05, 0.1) is 6.61 Å². The third kappa shape index (κ3) is 5.93. The van der Waals surface area contributed by atoms with Crippen LogP contribution in [-0.2, 0) is 4.74 Å². The maximum absolute atomic E-state index is 5.65. The molecule has 1 atom stereocenters. The van der Waals surface area contributed by atoms with Crippen LogP contribution in [0, 0.1) is 0 Å². The van der Waals surface area contributed by atoms with Crippen molar-refractivity contribution in [2.24, 2.45) is 0 Å². The van der Waals surface area contributed by atoms with Gasteiger partial charge in [0, 0.05) is 17.1 Å². The van der Waals surface area contributed by atoms with E-state index >= 15 is 0 Å². The summed E-state index contributed by atoms with van der Waals surface area (Å²) in [7, 11) is 0. The number of nitrogens with one attached hydrogen (secondary N) is 1. The van der Waals surface area contributed by atoms with Crippen LogP contribution >= 0.6 is 15.9 Å². The molecule has 1 N–H and O–H groups in total. The predicted molar refractivity (Wildman–Crippen MR) is 82.8 cm³/mol. The van der Waals surface area contributed by atoms with Crippen LogP contribution < -0.4 is 10.1 Å². The Morgan fingerprint density at radius 2 is 2.00 bits per heavy atom. The molecule has 0 fully saturated rings. The minimum atomic E-state index is 0.335. The molecular weight excluding hydrogens is 306 g/mol. The second kappa shape index (κ2) is 9.34. The monoisotopic (exact) mass is 329 g/mol. The van der Waals surface area contributed by atoms with Gasteiger partial charge in [0.15, 0.2) is 0 Å². The summed E-state index contributed by atoms with van der Waals surface area (Å²) in [4.78, 5) is 0. The number of ether oxygens (including phenoxy) is 2. The smallest absolute Gasteiger partial charge is 0.120 e. The average Bonchev–Trinajstić information content (AvgIpc) is 2.39. The molecule has 19 heavy (non-hydrogen) atoms. The quantitative estimate of drug-likeness (QED) is 0.696. The highest BCUT2D eigenvalue weighted by Gasteiger charge is 2.08. The van der Waals surface area contributed by atoms with Gasteiger partial charge in [-0.15, -0.1) is 0 Å². The molecule has 0 radical (unpaired) electrons. The van der Waals surface area contributed by atoms with Gasteiger partial charge in [0.2, 0.25) is 0 Å². The lowest BCUT2D eigenvalue weighted by atomic mass is 10.1. The second-order valence-electron chi connectivity index (χ2n) is 4.42. The molecule has 0 aliphatic carbocycles. The van der Waals surface area contributed by atoms with Gasteiger partial charge < -0.3 is 14.8 Å². The zero-order chi connectivity index (χ0) is 14.1. The molecule has 0 aliphatic heterocycles. The molecule has 1 aromatic rings. The third-order valence-electron chi connectivity index (χ3n) is 2.79. The van der Waals surface area contributed by atoms with E-state index in [0.29, 0.717) is 19.3 Å². The molecule has 0 aliphatic rings. The van der Waals surface area contributed by atoms with E-state index in [9.17, 15) is 0 Å². The van der Waals surface area contributed by atoms with Crippen molar-refractivity contribution in [2.45, 2.75) is 33.2 Å². The van der Waals surface area contributed by atoms with E-state index in [2.05, 4.69) is 48.1 Å². The standard InChI is InChI=1S/C15H24BrNO2/c1-4-8-18-9-10-19-13-6-7-14(15(16)11-13)12(3)17-5-2/h6-7,11-12,17H,4-5,8-10H2,1-3H3. The number of benzene rings is 1. The van der Waals surface area contributed by atoms with Crippen molar-refractivity contribution in [3.8, 4) is 5.75 Å². The fraction of sp³-hybridized carbons (Fsp3) is 0.600. The summed E-state index contributed by atoms with van der Waals surface area (Å²) in [6, 6.07) is 6.46. The Balaban J connectivity index is 2.47. The van der Waals surface area contributed by atoms with Gasteiger partial charge in [0.1, 0.15) is 12.4 Å². The van der Waals surface area contributed by atoms with Crippen molar-refractivity contribution in [1.29, 1.82) is 0 Å². The van der Waals surface area contributed by atoms with E-state index < -0.39 is 0 Å². The van der Waals surface area contributed by atoms with Crippen molar-refractivity contribution < 1.29 is 9.47 Å². The molecule has 0 aromatic heterocycles. The topological polar surface area (TPSA) is 30.5 Å². The van der Waals surface area contributed by atoms with E-state index in [-0.39, 0.29) is 0 Å². The Kier molecular flexibility index (Phi) is 8.10. The van der Waals surface area contributed by atoms with E-state index in [1.807, 2.05) is 12.1 Å². The first-order chi connectivity index (χ1) is 9.19. The normalized spacial score (nSPS) is 12.4. The minimum absolute atomic E-state index is 0.335. The van der Waals surface area contributed by atoms with Crippen LogP contribution in [0.25, 0.3) is 0 Å². The maximum Gasteiger partial charge on any atom is 0.120 e. The maximum atomic E-state index is 5.65. The van der Waals surface area contributed by atoms with Crippen molar-refractivity contribution in [3.05, 3.63) is 28.2 Å². The van der Waals surface area contributed by atoms with E-state index in [1.165, 1.54) is 5.56 Å². The average molecular weight is 330 g/mol. The molecule has 1 rings (SSSR count). The van der Waals surface area contributed by atoms with Crippen molar-refractivity contribution in [3.63, 3.8) is 0 Å². The first-order valence-corrected chi connectivity index (χ1v) is 7.71. The highest BCUT2D eigenvalue weighted by atomic mass is 79.9. The first kappa shape index (κ1) is 16.5. The summed E-state index contributed by atoms with van der Waals surface area (Å²) in [5.74, 6) is 0.874. The Bertz CT molecular complexity index is 371. The molecule has 4 heteroatoms. The molecule has 1 aromatic carbocycles. The molecule has 0 bridgehead atoms. The summed E-state index contributed by atoms with van der Waals surface area (Å²) in [6.45, 7) is 9.35. The molecule has 1 unspecified atom stereocenters. The molecule has 0 amide bonds. The van der Waals surface area contributed by atoms with Gasteiger partial charge >= 0.3 is 0 Å². The summed E-state index contributed by atoms with van der Waals surface area (Å²) >= 11 is 3.60. The summed E-state index contributed by atoms with van der Waals surface area (Å²) in [5, 5.41) is 3.40. The van der Waals surface area contributed by atoms with Gasteiger partial charge in [-0.3, -0.25) is 0 Å². The third-order valence-corrected chi connectivity index (χ3v) is 3.48. The van der Waals surface area contributed by atoms with Crippen LogP contribution in [0.1, 0.15) is 38.8 Å². The van der Waals surface area contributed by atoms with Crippen LogP contribution in [0.15, 0.2) is 22.7 Å². The Labute approximate surface area is 124 Å². The highest BCUT2D eigenvalue weighted by Crippen LogP contribution is 2.27. The van der Waals surface area contributed by atoms with E-state index in [1.54, 1.807) is 0 Å². The molecular formula is C15H24BrNO2. The molecule has 0 saturated heterocycles. The molecule has 0 heterocycles. The summed E-state index contributed by atoms with van der Waals surface area (Å²) in [5.41, 5.74) is 1.25. The van der Waals surface area contributed by atoms with Gasteiger partial charge in [0.25, 0.3) is 0 Å². The zero-order valence-electron chi connectivity index (χ0n) is 12.0. The fourth-order valence-electron chi connectivity index (χ4n) is 1.83. The zero-order valence-corrected chi connectivity index (χ0v) is 13.6. The van der Waals surface area contributed by atoms with Gasteiger partial charge in [-0.25, -0.2) is 0 Å². The summed E-state index contributed by atoms with van der Waals surface area (Å²) in [6.07, 6.45) is 1.04. The highest BCUT2D eigenvalue weighted by molar-refractivity contribution is 9.10. The van der Waals surface area contributed by atoms with Crippen LogP contribution in [0.4, 0.5) is 0 Å². The van der Waals surface area contributed by atoms with E-state index in [4.69, 9.17) is 9.47 Å². The Hall–Kier alpha value is -0.580. The van der Waals surface area contributed by atoms with Gasteiger partial charge in [-0.2, -0.15) is 0 Å². The van der Waals surface area contributed by atoms with Crippen LogP contribution in [-0.4, -0.2) is 26.4 Å². The number of rotatable bonds is 9. The minimum Gasteiger partial charge on any atom is -0.491 e. The Morgan fingerprint density at radius 3 is 2.63 bits per heavy atom. The molecule has 0 spiro atoms. The SMILES string of the molecule is CCCOCCOc1ccc(C(C)NCC)c(Br)c1. The van der Waals surface area contributed by atoms with Crippen molar-refractivity contribution in [2.75, 3.05) is 26.4 Å². The first-order valence-electron chi connectivity index (χ1n) is 6.92. The largest absolute Gasteiger partial charge is 0.491 e. The lowest BCUT2D eigenvalue weighted by Gasteiger charge is -2.15. The lowest BCUT2D eigenvalue weighted by molar-refractivity contribution is 0.101. The Morgan fingerprint density at radius 1 is 1.21 bits per heavy atom. The summed E-state index contributed by atoms with van der Waals surface area (Å²) < 4.78 is 12.1. The van der Waals surface area contributed by atoms with Gasteiger partial charge in [-0.05, 0) is 37.6 Å². The number of halogens is 1. The van der Waals surface area contributed by atoms with Crippen molar-refractivity contribution >= 4 is 15.9 Å². The van der Waals surface area contributed by atoms with Crippen LogP contribution in [0.3, 0.4) is 0 Å². The predicted octanol–water partition coefficient (Wildman–Crippen LogP) is 3.93. The lowest BCUT2D eigenvalue weighted by Crippen LogP contribution is -2.18. The molecule has 108 valence electrons. The fourth-order valence-corrected chi connectivity index (χ4v) is 2.53. The molecule has 0 saturated carbocycles. The van der Waals surface area contributed by atoms with Crippen molar-refractivity contribution in [1.82, 2.24) is 5.32 Å². The number of hydrogen-bond donors (Lipinski definition) is 1.